The molecule has 2 aromatic rings. The van der Waals surface area contributed by atoms with E-state index >= 15 is 0 Å². The Hall–Kier alpha value is -2.84. The molecular weight excluding hydrogens is 475 g/mol. The Morgan fingerprint density at radius 1 is 0.973 bits per heavy atom. The molecule has 37 heavy (non-hydrogen) atoms. The first-order chi connectivity index (χ1) is 17.9. The molecule has 4 rings (SSSR count). The molecule has 0 saturated carbocycles. The highest BCUT2D eigenvalue weighted by molar-refractivity contribution is 5.76. The highest BCUT2D eigenvalue weighted by atomic mass is 19.1. The van der Waals surface area contributed by atoms with Crippen LogP contribution >= 0.6 is 0 Å². The number of rotatable bonds is 11. The van der Waals surface area contributed by atoms with E-state index in [0.717, 1.165) is 64.0 Å². The number of methoxy groups -OCH3 is 1. The number of hydrogen-bond acceptors (Lipinski definition) is 6. The van der Waals surface area contributed by atoms with Crippen molar-refractivity contribution in [3.63, 3.8) is 0 Å². The molecule has 202 valence electrons. The fourth-order valence-electron chi connectivity index (χ4n) is 4.92. The number of amides is 1. The minimum Gasteiger partial charge on any atom is -0.493 e. The molecule has 2 heterocycles. The van der Waals surface area contributed by atoms with Gasteiger partial charge < -0.3 is 24.2 Å². The molecular formula is C29H39FN2O5. The van der Waals surface area contributed by atoms with E-state index in [9.17, 15) is 14.3 Å². The molecule has 1 N–H and O–H groups in total. The van der Waals surface area contributed by atoms with Gasteiger partial charge in [0.2, 0.25) is 5.91 Å². The lowest BCUT2D eigenvalue weighted by Crippen LogP contribution is -2.47. The summed E-state index contributed by atoms with van der Waals surface area (Å²) in [7, 11) is 1.64. The highest BCUT2D eigenvalue weighted by Gasteiger charge is 2.33. The quantitative estimate of drug-likeness (QED) is 0.448. The number of nitrogens with zero attached hydrogens (tertiary/aromatic N) is 2. The molecule has 8 heteroatoms. The van der Waals surface area contributed by atoms with Gasteiger partial charge >= 0.3 is 0 Å². The Bertz CT molecular complexity index is 1010. The first-order valence-electron chi connectivity index (χ1n) is 13.3. The van der Waals surface area contributed by atoms with Crippen molar-refractivity contribution in [1.82, 2.24) is 9.80 Å². The Morgan fingerprint density at radius 3 is 2.51 bits per heavy atom. The lowest BCUT2D eigenvalue weighted by molar-refractivity contribution is -0.130. The summed E-state index contributed by atoms with van der Waals surface area (Å²) < 4.78 is 30.3. The van der Waals surface area contributed by atoms with Crippen LogP contribution in [0, 0.1) is 5.82 Å². The van der Waals surface area contributed by atoms with E-state index in [1.807, 2.05) is 17.0 Å². The van der Waals surface area contributed by atoms with Gasteiger partial charge in [-0.1, -0.05) is 12.5 Å². The summed E-state index contributed by atoms with van der Waals surface area (Å²) in [5, 5.41) is 10.9. The number of piperidine rings is 1. The molecule has 2 aliphatic heterocycles. The normalized spacial score (nSPS) is 18.4. The van der Waals surface area contributed by atoms with E-state index < -0.39 is 5.60 Å². The average molecular weight is 515 g/mol. The van der Waals surface area contributed by atoms with Crippen molar-refractivity contribution in [1.29, 1.82) is 0 Å². The Labute approximate surface area is 219 Å². The first kappa shape index (κ1) is 27.2. The number of carbonyl (C=O) groups is 1. The number of carbonyl (C=O) groups excluding carboxylic acids is 1. The second kappa shape index (κ2) is 13.1. The topological polar surface area (TPSA) is 71.5 Å². The maximum Gasteiger partial charge on any atom is 0.222 e. The summed E-state index contributed by atoms with van der Waals surface area (Å²) in [5.74, 6) is 1.92. The number of benzene rings is 2. The fraction of sp³-hybridized carbons (Fsp3) is 0.552. The van der Waals surface area contributed by atoms with E-state index in [1.54, 1.807) is 19.2 Å². The van der Waals surface area contributed by atoms with Gasteiger partial charge in [-0.05, 0) is 74.1 Å². The van der Waals surface area contributed by atoms with Gasteiger partial charge in [0.25, 0.3) is 0 Å². The Kier molecular flexibility index (Phi) is 9.63. The van der Waals surface area contributed by atoms with Crippen LogP contribution in [0.3, 0.4) is 0 Å². The van der Waals surface area contributed by atoms with Gasteiger partial charge in [-0.15, -0.1) is 0 Å². The van der Waals surface area contributed by atoms with Crippen molar-refractivity contribution >= 4 is 5.91 Å². The molecule has 1 amide bonds. The largest absolute Gasteiger partial charge is 0.493 e. The van der Waals surface area contributed by atoms with Crippen LogP contribution in [0.4, 0.5) is 4.39 Å². The number of aliphatic hydroxyl groups is 1. The molecule has 2 saturated heterocycles. The fourth-order valence-corrected chi connectivity index (χ4v) is 4.92. The summed E-state index contributed by atoms with van der Waals surface area (Å²) in [6.07, 6.45) is 5.88. The molecule has 0 atom stereocenters. The molecule has 0 unspecified atom stereocenters. The van der Waals surface area contributed by atoms with Crippen molar-refractivity contribution in [3.05, 3.63) is 53.8 Å². The van der Waals surface area contributed by atoms with Gasteiger partial charge in [0.05, 0.1) is 13.7 Å². The Balaban J connectivity index is 1.21. The third-order valence-corrected chi connectivity index (χ3v) is 7.24. The van der Waals surface area contributed by atoms with E-state index in [4.69, 9.17) is 14.2 Å². The monoisotopic (exact) mass is 514 g/mol. The molecule has 0 spiro atoms. The average Bonchev–Trinajstić information content (AvgIpc) is 3.12. The second-order valence-corrected chi connectivity index (χ2v) is 10.1. The number of likely N-dealkylation sites (tertiary alicyclic amines) is 2. The Morgan fingerprint density at radius 2 is 1.76 bits per heavy atom. The van der Waals surface area contributed by atoms with Crippen molar-refractivity contribution in [2.75, 3.05) is 46.5 Å². The van der Waals surface area contributed by atoms with Gasteiger partial charge in [0.15, 0.2) is 11.5 Å². The van der Waals surface area contributed by atoms with Gasteiger partial charge in [0.1, 0.15) is 23.8 Å². The zero-order valence-electron chi connectivity index (χ0n) is 21.8. The minimum atomic E-state index is -0.891. The summed E-state index contributed by atoms with van der Waals surface area (Å²) in [4.78, 5) is 16.4. The summed E-state index contributed by atoms with van der Waals surface area (Å²) in [5.41, 5.74) is 0.227. The van der Waals surface area contributed by atoms with Crippen LogP contribution in [0.25, 0.3) is 0 Å². The molecule has 0 aromatic heterocycles. The van der Waals surface area contributed by atoms with Crippen LogP contribution in [0.1, 0.15) is 50.5 Å². The predicted octanol–water partition coefficient (Wildman–Crippen LogP) is 4.41. The van der Waals surface area contributed by atoms with E-state index in [0.29, 0.717) is 43.1 Å². The molecule has 2 aromatic carbocycles. The minimum absolute atomic E-state index is 0.193. The molecule has 0 aliphatic carbocycles. The van der Waals surface area contributed by atoms with Gasteiger partial charge in [0, 0.05) is 39.1 Å². The standard InChI is InChI=1S/C29H39FN2O5/c1-35-27-20-23(7-12-26(27)36-19-5-16-32-15-4-2-3-6-28(32)33)21-31-17-13-29(34,14-18-31)22-37-25-10-8-24(30)9-11-25/h7-12,20,34H,2-6,13-19,21-22H2,1H3. The van der Waals surface area contributed by atoms with Crippen molar-refractivity contribution in [3.8, 4) is 17.2 Å². The lowest BCUT2D eigenvalue weighted by atomic mass is 9.92. The van der Waals surface area contributed by atoms with Crippen LogP contribution in [0.2, 0.25) is 0 Å². The van der Waals surface area contributed by atoms with Crippen molar-refractivity contribution in [2.24, 2.45) is 0 Å². The molecule has 0 radical (unpaired) electrons. The third kappa shape index (κ3) is 8.07. The molecule has 0 bridgehead atoms. The van der Waals surface area contributed by atoms with Crippen molar-refractivity contribution < 1.29 is 28.5 Å². The number of halogens is 1. The van der Waals surface area contributed by atoms with Gasteiger partial charge in [-0.3, -0.25) is 9.69 Å². The van der Waals surface area contributed by atoms with Crippen LogP contribution in [0.15, 0.2) is 42.5 Å². The van der Waals surface area contributed by atoms with E-state index in [2.05, 4.69) is 11.0 Å². The summed E-state index contributed by atoms with van der Waals surface area (Å²) >= 11 is 0. The second-order valence-electron chi connectivity index (χ2n) is 10.1. The third-order valence-electron chi connectivity index (χ3n) is 7.24. The maximum absolute atomic E-state index is 13.1. The predicted molar refractivity (Wildman–Crippen MR) is 140 cm³/mol. The highest BCUT2D eigenvalue weighted by Crippen LogP contribution is 2.30. The zero-order chi connectivity index (χ0) is 26.1. The smallest absolute Gasteiger partial charge is 0.222 e. The van der Waals surface area contributed by atoms with Crippen LogP contribution < -0.4 is 14.2 Å². The summed E-state index contributed by atoms with van der Waals surface area (Å²) in [6.45, 7) is 4.56. The van der Waals surface area contributed by atoms with Gasteiger partial charge in [-0.2, -0.15) is 0 Å². The number of ether oxygens (including phenoxy) is 3. The molecule has 7 nitrogen and oxygen atoms in total. The maximum atomic E-state index is 13.1. The van der Waals surface area contributed by atoms with Crippen molar-refractivity contribution in [2.45, 2.75) is 57.1 Å². The first-order valence-corrected chi connectivity index (χ1v) is 13.3. The molecule has 2 aliphatic rings. The van der Waals surface area contributed by atoms with Crippen LogP contribution in [-0.2, 0) is 11.3 Å². The molecule has 2 fully saturated rings. The van der Waals surface area contributed by atoms with Gasteiger partial charge in [-0.25, -0.2) is 4.39 Å². The van der Waals surface area contributed by atoms with E-state index in [-0.39, 0.29) is 18.3 Å². The van der Waals surface area contributed by atoms with Crippen LogP contribution in [-0.4, -0.2) is 72.9 Å². The number of hydrogen-bond donors (Lipinski definition) is 1. The summed E-state index contributed by atoms with van der Waals surface area (Å²) in [6, 6.07) is 11.9. The van der Waals surface area contributed by atoms with E-state index in [1.165, 1.54) is 12.1 Å². The van der Waals surface area contributed by atoms with Crippen LogP contribution in [0.5, 0.6) is 17.2 Å². The lowest BCUT2D eigenvalue weighted by Gasteiger charge is -2.38. The zero-order valence-corrected chi connectivity index (χ0v) is 21.8. The SMILES string of the molecule is COc1cc(CN2CCC(O)(COc3ccc(F)cc3)CC2)ccc1OCCCN1CCCCCC1=O.